The molecule has 0 radical (unpaired) electrons. The topological polar surface area (TPSA) is 73.1 Å². The predicted molar refractivity (Wildman–Crippen MR) is 89.9 cm³/mol. The van der Waals surface area contributed by atoms with Crippen LogP contribution in [-0.2, 0) is 6.54 Å². The van der Waals surface area contributed by atoms with Crippen LogP contribution in [0.3, 0.4) is 0 Å². The molecule has 132 valence electrons. The molecule has 1 amide bonds. The second kappa shape index (κ2) is 6.91. The summed E-state index contributed by atoms with van der Waals surface area (Å²) in [7, 11) is 0. The number of aromatic nitrogens is 4. The minimum atomic E-state index is -0.526. The third-order valence-electron chi connectivity index (χ3n) is 4.22. The number of carbonyl (C=O) groups excluding carboxylic acids is 1. The van der Waals surface area contributed by atoms with E-state index in [-0.39, 0.29) is 30.1 Å². The van der Waals surface area contributed by atoms with Crippen LogP contribution in [0.5, 0.6) is 6.01 Å². The summed E-state index contributed by atoms with van der Waals surface area (Å²) in [5, 5.41) is 4.32. The predicted octanol–water partition coefficient (Wildman–Crippen LogP) is 2.09. The zero-order valence-electron chi connectivity index (χ0n) is 13.8. The first-order valence-corrected chi connectivity index (χ1v) is 8.18. The van der Waals surface area contributed by atoms with Crippen LogP contribution in [0.1, 0.15) is 22.1 Å². The zero-order valence-corrected chi connectivity index (χ0v) is 13.8. The van der Waals surface area contributed by atoms with Crippen LogP contribution in [0, 0.1) is 5.82 Å². The summed E-state index contributed by atoms with van der Waals surface area (Å²) in [5.41, 5.74) is 0.926. The van der Waals surface area contributed by atoms with E-state index < -0.39 is 5.82 Å². The Balaban J connectivity index is 1.54. The van der Waals surface area contributed by atoms with Crippen molar-refractivity contribution >= 4 is 5.91 Å². The molecule has 0 spiro atoms. The third kappa shape index (κ3) is 3.13. The number of ether oxygens (including phenoxy) is 1. The van der Waals surface area contributed by atoms with Gasteiger partial charge in [0.15, 0.2) is 0 Å². The minimum absolute atomic E-state index is 0.0616. The van der Waals surface area contributed by atoms with Crippen molar-refractivity contribution in [3.8, 4) is 6.01 Å². The van der Waals surface area contributed by atoms with Crippen molar-refractivity contribution in [3.05, 3.63) is 72.1 Å². The Labute approximate surface area is 149 Å². The molecule has 0 N–H and O–H groups in total. The van der Waals surface area contributed by atoms with E-state index in [1.54, 1.807) is 41.7 Å². The van der Waals surface area contributed by atoms with Crippen molar-refractivity contribution in [1.29, 1.82) is 0 Å². The summed E-state index contributed by atoms with van der Waals surface area (Å²) < 4.78 is 21.5. The SMILES string of the molecule is O=C(c1ccccc1F)N1Cc2ccnn2C(COc2ncccn2)C1. The van der Waals surface area contributed by atoms with Gasteiger partial charge in [-0.25, -0.2) is 14.4 Å². The molecule has 26 heavy (non-hydrogen) atoms. The van der Waals surface area contributed by atoms with E-state index in [9.17, 15) is 9.18 Å². The molecule has 0 saturated carbocycles. The van der Waals surface area contributed by atoms with Crippen LogP contribution >= 0.6 is 0 Å². The van der Waals surface area contributed by atoms with Crippen molar-refractivity contribution in [2.45, 2.75) is 12.6 Å². The number of benzene rings is 1. The smallest absolute Gasteiger partial charge is 0.316 e. The van der Waals surface area contributed by atoms with Gasteiger partial charge in [0.2, 0.25) is 0 Å². The molecular weight excluding hydrogens is 337 g/mol. The molecule has 0 aliphatic carbocycles. The third-order valence-corrected chi connectivity index (χ3v) is 4.22. The summed E-state index contributed by atoms with van der Waals surface area (Å²) in [6.07, 6.45) is 4.87. The van der Waals surface area contributed by atoms with Crippen LogP contribution in [0.15, 0.2) is 55.0 Å². The van der Waals surface area contributed by atoms with Crippen LogP contribution < -0.4 is 4.74 Å². The van der Waals surface area contributed by atoms with Gasteiger partial charge in [0.05, 0.1) is 17.8 Å². The van der Waals surface area contributed by atoms with Gasteiger partial charge in [-0.05, 0) is 24.3 Å². The van der Waals surface area contributed by atoms with E-state index in [4.69, 9.17) is 4.74 Å². The first kappa shape index (κ1) is 16.2. The maximum atomic E-state index is 14.0. The minimum Gasteiger partial charge on any atom is -0.461 e. The quantitative estimate of drug-likeness (QED) is 0.718. The monoisotopic (exact) mass is 353 g/mol. The molecule has 1 aromatic carbocycles. The molecule has 1 atom stereocenters. The van der Waals surface area contributed by atoms with Crippen molar-refractivity contribution in [2.75, 3.05) is 13.2 Å². The van der Waals surface area contributed by atoms with Crippen LogP contribution in [0.4, 0.5) is 4.39 Å². The van der Waals surface area contributed by atoms with Crippen LogP contribution in [0.25, 0.3) is 0 Å². The summed E-state index contributed by atoms with van der Waals surface area (Å²) in [6, 6.07) is 9.58. The highest BCUT2D eigenvalue weighted by atomic mass is 19.1. The highest BCUT2D eigenvalue weighted by Crippen LogP contribution is 2.23. The van der Waals surface area contributed by atoms with E-state index in [1.807, 2.05) is 10.7 Å². The lowest BCUT2D eigenvalue weighted by atomic mass is 10.1. The van der Waals surface area contributed by atoms with Gasteiger partial charge in [-0.3, -0.25) is 9.48 Å². The molecular formula is C18H16FN5O2. The summed E-state index contributed by atoms with van der Waals surface area (Å²) in [5.74, 6) is -0.876. The highest BCUT2D eigenvalue weighted by Gasteiger charge is 2.30. The first-order valence-electron chi connectivity index (χ1n) is 8.18. The van der Waals surface area contributed by atoms with Crippen LogP contribution in [-0.4, -0.2) is 43.7 Å². The molecule has 4 rings (SSSR count). The molecule has 3 aromatic rings. The Morgan fingerprint density at radius 2 is 1.96 bits per heavy atom. The molecule has 2 aromatic heterocycles. The zero-order chi connectivity index (χ0) is 17.9. The maximum Gasteiger partial charge on any atom is 0.316 e. The fourth-order valence-electron chi connectivity index (χ4n) is 3.00. The molecule has 7 nitrogen and oxygen atoms in total. The molecule has 0 fully saturated rings. The lowest BCUT2D eigenvalue weighted by molar-refractivity contribution is 0.0624. The van der Waals surface area contributed by atoms with E-state index in [1.165, 1.54) is 12.1 Å². The van der Waals surface area contributed by atoms with E-state index in [2.05, 4.69) is 15.1 Å². The van der Waals surface area contributed by atoms with Gasteiger partial charge in [0, 0.05) is 25.1 Å². The molecule has 3 heterocycles. The van der Waals surface area contributed by atoms with Gasteiger partial charge in [-0.2, -0.15) is 5.10 Å². The summed E-state index contributed by atoms with van der Waals surface area (Å²) in [4.78, 5) is 22.4. The summed E-state index contributed by atoms with van der Waals surface area (Å²) in [6.45, 7) is 0.972. The maximum absolute atomic E-state index is 14.0. The van der Waals surface area contributed by atoms with Crippen molar-refractivity contribution in [1.82, 2.24) is 24.6 Å². The Kier molecular flexibility index (Phi) is 4.30. The Hall–Kier alpha value is -3.29. The van der Waals surface area contributed by atoms with E-state index >= 15 is 0 Å². The number of amides is 1. The average Bonchev–Trinajstić information content (AvgIpc) is 3.15. The molecule has 8 heteroatoms. The second-order valence-electron chi connectivity index (χ2n) is 5.93. The highest BCUT2D eigenvalue weighted by molar-refractivity contribution is 5.94. The van der Waals surface area contributed by atoms with Gasteiger partial charge in [0.25, 0.3) is 5.91 Å². The Morgan fingerprint density at radius 3 is 2.77 bits per heavy atom. The lowest BCUT2D eigenvalue weighted by Gasteiger charge is -2.33. The standard InChI is InChI=1S/C18H16FN5O2/c19-16-5-2-1-4-15(16)17(25)23-10-13-6-9-22-24(13)14(11-23)12-26-18-20-7-3-8-21-18/h1-9,14H,10-12H2. The van der Waals surface area contributed by atoms with E-state index in [0.717, 1.165) is 5.69 Å². The molecule has 0 bridgehead atoms. The molecule has 1 aliphatic rings. The van der Waals surface area contributed by atoms with Gasteiger partial charge in [-0.15, -0.1) is 0 Å². The van der Waals surface area contributed by atoms with Crippen molar-refractivity contribution in [3.63, 3.8) is 0 Å². The number of carbonyl (C=O) groups is 1. The number of fused-ring (bicyclic) bond motifs is 1. The fraction of sp³-hybridized carbons (Fsp3) is 0.222. The number of rotatable bonds is 4. The number of hydrogen-bond acceptors (Lipinski definition) is 5. The normalized spacial score (nSPS) is 16.2. The number of halogens is 1. The Morgan fingerprint density at radius 1 is 1.15 bits per heavy atom. The fourth-order valence-corrected chi connectivity index (χ4v) is 3.00. The average molecular weight is 353 g/mol. The number of nitrogens with zero attached hydrogens (tertiary/aromatic N) is 5. The molecule has 1 aliphatic heterocycles. The largest absolute Gasteiger partial charge is 0.461 e. The van der Waals surface area contributed by atoms with Gasteiger partial charge in [-0.1, -0.05) is 12.1 Å². The van der Waals surface area contributed by atoms with Crippen molar-refractivity contribution in [2.24, 2.45) is 0 Å². The first-order chi connectivity index (χ1) is 12.7. The molecule has 1 unspecified atom stereocenters. The summed E-state index contributed by atoms with van der Waals surface area (Å²) >= 11 is 0. The van der Waals surface area contributed by atoms with Gasteiger partial charge < -0.3 is 9.64 Å². The van der Waals surface area contributed by atoms with Gasteiger partial charge in [0.1, 0.15) is 18.5 Å². The second-order valence-corrected chi connectivity index (χ2v) is 5.93. The lowest BCUT2D eigenvalue weighted by Crippen LogP contribution is -2.43. The van der Waals surface area contributed by atoms with E-state index in [0.29, 0.717) is 13.1 Å². The molecule has 0 saturated heterocycles. The Bertz CT molecular complexity index is 915. The number of hydrogen-bond donors (Lipinski definition) is 0. The van der Waals surface area contributed by atoms with Gasteiger partial charge >= 0.3 is 6.01 Å². The van der Waals surface area contributed by atoms with Crippen molar-refractivity contribution < 1.29 is 13.9 Å². The van der Waals surface area contributed by atoms with Crippen LogP contribution in [0.2, 0.25) is 0 Å².